The largest absolute Gasteiger partial charge is 0.481 e. The number of aromatic nitrogens is 2. The van der Waals surface area contributed by atoms with Gasteiger partial charge in [0.1, 0.15) is 5.82 Å². The highest BCUT2D eigenvalue weighted by Crippen LogP contribution is 2.37. The van der Waals surface area contributed by atoms with Crippen LogP contribution < -0.4 is 0 Å². The number of hydrogen-bond acceptors (Lipinski definition) is 4. The van der Waals surface area contributed by atoms with E-state index in [0.717, 1.165) is 50.6 Å². The number of fused-ring (bicyclic) bond motifs is 3. The summed E-state index contributed by atoms with van der Waals surface area (Å²) in [5.41, 5.74) is 4.71. The number of hydrogen-bond donors (Lipinski definition) is 1. The maximum absolute atomic E-state index is 12.2. The molecule has 2 saturated carbocycles. The number of carbonyl (C=O) groups is 2. The number of carbonyl (C=O) groups excluding carboxylic acids is 1. The van der Waals surface area contributed by atoms with Crippen molar-refractivity contribution in [1.82, 2.24) is 14.5 Å². The van der Waals surface area contributed by atoms with Crippen LogP contribution in [0.25, 0.3) is 11.0 Å². The van der Waals surface area contributed by atoms with Gasteiger partial charge in [-0.25, -0.2) is 9.78 Å². The second kappa shape index (κ2) is 9.96. The van der Waals surface area contributed by atoms with Gasteiger partial charge in [-0.15, -0.1) is 0 Å². The molecule has 1 amide bonds. The quantitative estimate of drug-likeness (QED) is 0.629. The topological polar surface area (TPSA) is 84.7 Å². The Labute approximate surface area is 201 Å². The SMILES string of the molecule is COC(=O)N1CCc2ccc3c(nc(C4CCCCC4)n3CC[C@H]3CC[C@H](C(=O)O)CC3)c2C1. The molecule has 7 nitrogen and oxygen atoms in total. The molecular weight excluding hydrogens is 430 g/mol. The maximum Gasteiger partial charge on any atom is 0.409 e. The number of amides is 1. The molecule has 0 saturated heterocycles. The standard InChI is InChI=1S/C27H37N3O4/c1-34-27(33)29-15-14-19-11-12-23-24(22(19)17-29)28-25(20-5-3-2-4-6-20)30(23)16-13-18-7-9-21(10-8-18)26(31)32/h11-12,18,20-21H,2-10,13-17H2,1H3,(H,31,32)/t18-,21-. The zero-order valence-electron chi connectivity index (χ0n) is 20.3. The van der Waals surface area contributed by atoms with E-state index < -0.39 is 5.97 Å². The molecule has 1 aromatic carbocycles. The van der Waals surface area contributed by atoms with Crippen molar-refractivity contribution in [3.05, 3.63) is 29.1 Å². The minimum Gasteiger partial charge on any atom is -0.481 e. The molecule has 5 rings (SSSR count). The molecule has 0 radical (unpaired) electrons. The first-order chi connectivity index (χ1) is 16.5. The number of imidazole rings is 1. The summed E-state index contributed by atoms with van der Waals surface area (Å²) >= 11 is 0. The van der Waals surface area contributed by atoms with Gasteiger partial charge in [-0.1, -0.05) is 25.3 Å². The van der Waals surface area contributed by atoms with Gasteiger partial charge in [-0.05, 0) is 68.9 Å². The molecule has 3 aliphatic rings. The number of methoxy groups -OCH3 is 1. The average Bonchev–Trinajstić information content (AvgIpc) is 3.26. The lowest BCUT2D eigenvalue weighted by atomic mass is 9.80. The summed E-state index contributed by atoms with van der Waals surface area (Å²) in [5, 5.41) is 9.32. The molecule has 0 bridgehead atoms. The number of carboxylic acid groups (broad SMARTS) is 1. The van der Waals surface area contributed by atoms with Crippen LogP contribution in [0.5, 0.6) is 0 Å². The summed E-state index contributed by atoms with van der Waals surface area (Å²) in [4.78, 5) is 30.6. The minimum atomic E-state index is -0.635. The zero-order valence-corrected chi connectivity index (χ0v) is 20.3. The van der Waals surface area contributed by atoms with Gasteiger partial charge in [0.05, 0.1) is 30.6 Å². The summed E-state index contributed by atoms with van der Waals surface area (Å²) in [5.74, 6) is 1.51. The smallest absolute Gasteiger partial charge is 0.409 e. The van der Waals surface area contributed by atoms with E-state index >= 15 is 0 Å². The van der Waals surface area contributed by atoms with Gasteiger partial charge in [0.25, 0.3) is 0 Å². The molecular formula is C27H37N3O4. The van der Waals surface area contributed by atoms with Crippen molar-refractivity contribution < 1.29 is 19.4 Å². The third kappa shape index (κ3) is 4.53. The van der Waals surface area contributed by atoms with Crippen LogP contribution in [0.3, 0.4) is 0 Å². The number of ether oxygens (including phenoxy) is 1. The Hall–Kier alpha value is -2.57. The fourth-order valence-electron chi connectivity index (χ4n) is 6.44. The molecule has 2 fully saturated rings. The number of carboxylic acids is 1. The van der Waals surface area contributed by atoms with Crippen LogP contribution in [0.1, 0.15) is 87.1 Å². The van der Waals surface area contributed by atoms with Gasteiger partial charge in [0, 0.05) is 24.6 Å². The molecule has 0 unspecified atom stereocenters. The van der Waals surface area contributed by atoms with Crippen LogP contribution >= 0.6 is 0 Å². The lowest BCUT2D eigenvalue weighted by molar-refractivity contribution is -0.143. The number of rotatable bonds is 5. The zero-order chi connectivity index (χ0) is 23.7. The monoisotopic (exact) mass is 467 g/mol. The van der Waals surface area contributed by atoms with Crippen molar-refractivity contribution >= 4 is 23.1 Å². The molecule has 0 spiro atoms. The summed E-state index contributed by atoms with van der Waals surface area (Å²) in [6, 6.07) is 4.47. The van der Waals surface area contributed by atoms with E-state index in [-0.39, 0.29) is 12.0 Å². The third-order valence-corrected chi connectivity index (χ3v) is 8.51. The first kappa shape index (κ1) is 23.2. The van der Waals surface area contributed by atoms with Gasteiger partial charge in [0.15, 0.2) is 0 Å². The molecule has 2 aliphatic carbocycles. The van der Waals surface area contributed by atoms with Gasteiger partial charge in [-0.2, -0.15) is 0 Å². The number of aryl methyl sites for hydroxylation is 1. The lowest BCUT2D eigenvalue weighted by Crippen LogP contribution is -2.35. The Morgan fingerprint density at radius 2 is 1.85 bits per heavy atom. The first-order valence-electron chi connectivity index (χ1n) is 13.1. The van der Waals surface area contributed by atoms with Crippen LogP contribution in [0.2, 0.25) is 0 Å². The molecule has 2 aromatic rings. The average molecular weight is 468 g/mol. The summed E-state index contributed by atoms with van der Waals surface area (Å²) in [7, 11) is 1.44. The fraction of sp³-hybridized carbons (Fsp3) is 0.667. The Morgan fingerprint density at radius 1 is 1.09 bits per heavy atom. The van der Waals surface area contributed by atoms with Crippen LogP contribution in [0, 0.1) is 11.8 Å². The molecule has 34 heavy (non-hydrogen) atoms. The Bertz CT molecular complexity index is 1050. The highest BCUT2D eigenvalue weighted by Gasteiger charge is 2.29. The minimum absolute atomic E-state index is 0.160. The van der Waals surface area contributed by atoms with Crippen molar-refractivity contribution in [2.45, 2.75) is 89.6 Å². The number of benzene rings is 1. The predicted molar refractivity (Wildman–Crippen MR) is 130 cm³/mol. The highest BCUT2D eigenvalue weighted by atomic mass is 16.5. The molecule has 2 heterocycles. The Morgan fingerprint density at radius 3 is 2.56 bits per heavy atom. The third-order valence-electron chi connectivity index (χ3n) is 8.51. The molecule has 1 aromatic heterocycles. The van der Waals surface area contributed by atoms with Crippen molar-refractivity contribution in [3.8, 4) is 0 Å². The van der Waals surface area contributed by atoms with Crippen molar-refractivity contribution in [1.29, 1.82) is 0 Å². The highest BCUT2D eigenvalue weighted by molar-refractivity contribution is 5.82. The molecule has 0 atom stereocenters. The first-order valence-corrected chi connectivity index (χ1v) is 13.1. The Kier molecular flexibility index (Phi) is 6.79. The van der Waals surface area contributed by atoms with Gasteiger partial charge in [-0.3, -0.25) is 4.79 Å². The van der Waals surface area contributed by atoms with E-state index in [1.807, 2.05) is 0 Å². The second-order valence-corrected chi connectivity index (χ2v) is 10.5. The lowest BCUT2D eigenvalue weighted by Gasteiger charge is -2.28. The van der Waals surface area contributed by atoms with Gasteiger partial charge >= 0.3 is 12.1 Å². The van der Waals surface area contributed by atoms with Crippen molar-refractivity contribution in [2.24, 2.45) is 11.8 Å². The van der Waals surface area contributed by atoms with Crippen LogP contribution in [0.4, 0.5) is 4.79 Å². The maximum atomic E-state index is 12.2. The molecule has 7 heteroatoms. The van der Waals surface area contributed by atoms with Crippen LogP contribution in [-0.4, -0.2) is 45.3 Å². The number of nitrogens with zero attached hydrogens (tertiary/aromatic N) is 3. The van der Waals surface area contributed by atoms with Crippen LogP contribution in [0.15, 0.2) is 12.1 Å². The van der Waals surface area contributed by atoms with E-state index in [4.69, 9.17) is 9.72 Å². The van der Waals surface area contributed by atoms with Gasteiger partial charge < -0.3 is 19.3 Å². The van der Waals surface area contributed by atoms with Crippen molar-refractivity contribution in [3.63, 3.8) is 0 Å². The summed E-state index contributed by atoms with van der Waals surface area (Å²) in [6.07, 6.45) is 11.5. The summed E-state index contributed by atoms with van der Waals surface area (Å²) < 4.78 is 7.46. The summed E-state index contributed by atoms with van der Waals surface area (Å²) in [6.45, 7) is 2.17. The fourth-order valence-corrected chi connectivity index (χ4v) is 6.44. The predicted octanol–water partition coefficient (Wildman–Crippen LogP) is 5.49. The van der Waals surface area contributed by atoms with E-state index in [1.54, 1.807) is 4.90 Å². The van der Waals surface area contributed by atoms with E-state index in [1.165, 1.54) is 61.7 Å². The van der Waals surface area contributed by atoms with Crippen LogP contribution in [-0.2, 0) is 29.0 Å². The van der Waals surface area contributed by atoms with Gasteiger partial charge in [0.2, 0.25) is 0 Å². The molecule has 184 valence electrons. The second-order valence-electron chi connectivity index (χ2n) is 10.5. The number of aliphatic carboxylic acids is 1. The van der Waals surface area contributed by atoms with Crippen molar-refractivity contribution in [2.75, 3.05) is 13.7 Å². The molecule has 1 N–H and O–H groups in total. The van der Waals surface area contributed by atoms with E-state index in [9.17, 15) is 14.7 Å². The normalized spacial score (nSPS) is 23.6. The Balaban J connectivity index is 1.43. The van der Waals surface area contributed by atoms with E-state index in [2.05, 4.69) is 16.7 Å². The molecule has 1 aliphatic heterocycles. The van der Waals surface area contributed by atoms with E-state index in [0.29, 0.717) is 24.9 Å².